The first kappa shape index (κ1) is 14.3. The van der Waals surface area contributed by atoms with E-state index in [-0.39, 0.29) is 17.9 Å². The molecule has 4 rings (SSSR count). The van der Waals surface area contributed by atoms with Crippen molar-refractivity contribution in [3.05, 3.63) is 36.0 Å². The molecule has 2 aromatic rings. The SMILES string of the molecule is O=C1CC[C@H](C(=O)N2CCC(c3cc4ccccc4[nH]3)CC2)N1. The minimum atomic E-state index is -0.299. The number of para-hydroxylation sites is 1. The molecule has 1 atom stereocenters. The van der Waals surface area contributed by atoms with E-state index in [2.05, 4.69) is 34.6 Å². The van der Waals surface area contributed by atoms with Crippen LogP contribution in [0.25, 0.3) is 10.9 Å². The summed E-state index contributed by atoms with van der Waals surface area (Å²) in [6.07, 6.45) is 3.06. The lowest BCUT2D eigenvalue weighted by atomic mass is 9.93. The van der Waals surface area contributed by atoms with Crippen LogP contribution < -0.4 is 5.32 Å². The lowest BCUT2D eigenvalue weighted by Crippen LogP contribution is -2.47. The Morgan fingerprint density at radius 3 is 2.61 bits per heavy atom. The second-order valence-corrected chi connectivity index (χ2v) is 6.57. The minimum absolute atomic E-state index is 0.00342. The summed E-state index contributed by atoms with van der Waals surface area (Å²) in [5.41, 5.74) is 2.45. The zero-order valence-corrected chi connectivity index (χ0v) is 13.0. The van der Waals surface area contributed by atoms with Gasteiger partial charge >= 0.3 is 0 Å². The molecule has 3 heterocycles. The van der Waals surface area contributed by atoms with Crippen molar-refractivity contribution in [1.29, 1.82) is 0 Å². The molecule has 2 N–H and O–H groups in total. The molecule has 120 valence electrons. The van der Waals surface area contributed by atoms with Gasteiger partial charge in [0.05, 0.1) is 0 Å². The molecular formula is C18H21N3O2. The van der Waals surface area contributed by atoms with E-state index >= 15 is 0 Å². The van der Waals surface area contributed by atoms with Gasteiger partial charge in [0, 0.05) is 36.6 Å². The largest absolute Gasteiger partial charge is 0.358 e. The number of nitrogens with one attached hydrogen (secondary N) is 2. The Labute approximate surface area is 135 Å². The van der Waals surface area contributed by atoms with E-state index in [1.807, 2.05) is 11.0 Å². The summed E-state index contributed by atoms with van der Waals surface area (Å²) >= 11 is 0. The third kappa shape index (κ3) is 2.71. The smallest absolute Gasteiger partial charge is 0.245 e. The first-order valence-electron chi connectivity index (χ1n) is 8.36. The van der Waals surface area contributed by atoms with E-state index in [4.69, 9.17) is 0 Å². The topological polar surface area (TPSA) is 65.2 Å². The average molecular weight is 311 g/mol. The van der Waals surface area contributed by atoms with Crippen molar-refractivity contribution >= 4 is 22.7 Å². The Hall–Kier alpha value is -2.30. The molecule has 0 radical (unpaired) electrons. The molecule has 2 amide bonds. The molecule has 0 bridgehead atoms. The van der Waals surface area contributed by atoms with Crippen LogP contribution in [0.15, 0.2) is 30.3 Å². The number of benzene rings is 1. The Balaban J connectivity index is 1.40. The Morgan fingerprint density at radius 1 is 1.13 bits per heavy atom. The van der Waals surface area contributed by atoms with Crippen molar-refractivity contribution in [3.8, 4) is 0 Å². The average Bonchev–Trinajstić information content (AvgIpc) is 3.20. The maximum Gasteiger partial charge on any atom is 0.245 e. The number of nitrogens with zero attached hydrogens (tertiary/aromatic N) is 1. The number of carbonyl (C=O) groups is 2. The van der Waals surface area contributed by atoms with Crippen molar-refractivity contribution in [1.82, 2.24) is 15.2 Å². The number of hydrogen-bond donors (Lipinski definition) is 2. The van der Waals surface area contributed by atoms with Crippen LogP contribution in [-0.2, 0) is 9.59 Å². The summed E-state index contributed by atoms with van der Waals surface area (Å²) in [5, 5.41) is 4.02. The zero-order chi connectivity index (χ0) is 15.8. The van der Waals surface area contributed by atoms with Crippen LogP contribution in [0.2, 0.25) is 0 Å². The quantitative estimate of drug-likeness (QED) is 0.892. The van der Waals surface area contributed by atoms with E-state index < -0.39 is 0 Å². The summed E-state index contributed by atoms with van der Waals surface area (Å²) in [5.74, 6) is 0.562. The van der Waals surface area contributed by atoms with E-state index in [0.717, 1.165) is 25.9 Å². The second kappa shape index (κ2) is 5.72. The van der Waals surface area contributed by atoms with Gasteiger partial charge in [0.25, 0.3) is 0 Å². The number of piperidine rings is 1. The van der Waals surface area contributed by atoms with Crippen LogP contribution in [-0.4, -0.2) is 40.8 Å². The molecule has 0 spiro atoms. The molecule has 0 aliphatic carbocycles. The van der Waals surface area contributed by atoms with Gasteiger partial charge in [0.15, 0.2) is 0 Å². The molecule has 1 aromatic carbocycles. The van der Waals surface area contributed by atoms with Crippen LogP contribution in [0, 0.1) is 0 Å². The highest BCUT2D eigenvalue weighted by Crippen LogP contribution is 2.30. The fourth-order valence-corrected chi connectivity index (χ4v) is 3.75. The van der Waals surface area contributed by atoms with Crippen molar-refractivity contribution in [3.63, 3.8) is 0 Å². The lowest BCUT2D eigenvalue weighted by molar-refractivity contribution is -0.135. The van der Waals surface area contributed by atoms with E-state index in [9.17, 15) is 9.59 Å². The number of hydrogen-bond acceptors (Lipinski definition) is 2. The fourth-order valence-electron chi connectivity index (χ4n) is 3.75. The normalized spacial score (nSPS) is 22.5. The molecule has 2 fully saturated rings. The molecule has 0 unspecified atom stereocenters. The van der Waals surface area contributed by atoms with Gasteiger partial charge in [-0.05, 0) is 36.8 Å². The minimum Gasteiger partial charge on any atom is -0.358 e. The number of H-pyrrole nitrogens is 1. The molecule has 23 heavy (non-hydrogen) atoms. The van der Waals surface area contributed by atoms with Gasteiger partial charge in [0.2, 0.25) is 11.8 Å². The van der Waals surface area contributed by atoms with Gasteiger partial charge in [-0.1, -0.05) is 18.2 Å². The Kier molecular flexibility index (Phi) is 3.56. The number of amides is 2. The molecule has 1 aromatic heterocycles. The Bertz CT molecular complexity index is 711. The van der Waals surface area contributed by atoms with E-state index in [1.54, 1.807) is 0 Å². The van der Waals surface area contributed by atoms with Crippen molar-refractivity contribution in [2.24, 2.45) is 0 Å². The third-order valence-electron chi connectivity index (χ3n) is 5.09. The second-order valence-electron chi connectivity index (χ2n) is 6.57. The summed E-state index contributed by atoms with van der Waals surface area (Å²) in [4.78, 5) is 29.1. The number of likely N-dealkylation sites (tertiary alicyclic amines) is 1. The predicted molar refractivity (Wildman–Crippen MR) is 88.0 cm³/mol. The van der Waals surface area contributed by atoms with E-state index in [1.165, 1.54) is 16.6 Å². The summed E-state index contributed by atoms with van der Waals surface area (Å²) in [6.45, 7) is 1.54. The van der Waals surface area contributed by atoms with Crippen LogP contribution in [0.4, 0.5) is 0 Å². The highest BCUT2D eigenvalue weighted by Gasteiger charge is 2.33. The standard InChI is InChI=1S/C18H21N3O2/c22-17-6-5-15(20-17)18(23)21-9-7-12(8-10-21)16-11-13-3-1-2-4-14(13)19-16/h1-4,11-12,15,19H,5-10H2,(H,20,22)/t15-/m1/s1. The highest BCUT2D eigenvalue weighted by molar-refractivity contribution is 5.90. The fraction of sp³-hybridized carbons (Fsp3) is 0.444. The summed E-state index contributed by atoms with van der Waals surface area (Å²) in [6, 6.07) is 10.2. The van der Waals surface area contributed by atoms with Crippen LogP contribution in [0.3, 0.4) is 0 Å². The van der Waals surface area contributed by atoms with Crippen molar-refractivity contribution in [2.45, 2.75) is 37.6 Å². The number of rotatable bonds is 2. The first-order chi connectivity index (χ1) is 11.2. The van der Waals surface area contributed by atoms with Gasteiger partial charge < -0.3 is 15.2 Å². The van der Waals surface area contributed by atoms with Crippen molar-refractivity contribution in [2.75, 3.05) is 13.1 Å². The summed E-state index contributed by atoms with van der Waals surface area (Å²) < 4.78 is 0. The van der Waals surface area contributed by atoms with E-state index in [0.29, 0.717) is 18.8 Å². The zero-order valence-electron chi connectivity index (χ0n) is 13.0. The van der Waals surface area contributed by atoms with Crippen molar-refractivity contribution < 1.29 is 9.59 Å². The molecule has 2 aliphatic heterocycles. The van der Waals surface area contributed by atoms with Crippen LogP contribution in [0.1, 0.15) is 37.3 Å². The van der Waals surface area contributed by atoms with Gasteiger partial charge in [-0.25, -0.2) is 0 Å². The van der Waals surface area contributed by atoms with Gasteiger partial charge in [-0.2, -0.15) is 0 Å². The molecular weight excluding hydrogens is 290 g/mol. The number of fused-ring (bicyclic) bond motifs is 1. The number of carbonyl (C=O) groups excluding carboxylic acids is 2. The Morgan fingerprint density at radius 2 is 1.91 bits per heavy atom. The summed E-state index contributed by atoms with van der Waals surface area (Å²) in [7, 11) is 0. The number of aromatic nitrogens is 1. The molecule has 2 aliphatic rings. The van der Waals surface area contributed by atoms with Crippen LogP contribution in [0.5, 0.6) is 0 Å². The maximum absolute atomic E-state index is 12.4. The molecule has 2 saturated heterocycles. The van der Waals surface area contributed by atoms with Gasteiger partial charge in [-0.3, -0.25) is 9.59 Å². The lowest BCUT2D eigenvalue weighted by Gasteiger charge is -2.33. The monoisotopic (exact) mass is 311 g/mol. The van der Waals surface area contributed by atoms with Gasteiger partial charge in [-0.15, -0.1) is 0 Å². The predicted octanol–water partition coefficient (Wildman–Crippen LogP) is 2.15. The van der Waals surface area contributed by atoms with Crippen LogP contribution >= 0.6 is 0 Å². The number of aromatic amines is 1. The van der Waals surface area contributed by atoms with Gasteiger partial charge in [0.1, 0.15) is 6.04 Å². The molecule has 5 nitrogen and oxygen atoms in total. The maximum atomic E-state index is 12.4. The highest BCUT2D eigenvalue weighted by atomic mass is 16.2. The molecule has 0 saturated carbocycles. The first-order valence-corrected chi connectivity index (χ1v) is 8.36. The molecule has 5 heteroatoms. The third-order valence-corrected chi connectivity index (χ3v) is 5.09.